The second-order valence-electron chi connectivity index (χ2n) is 4.41. The van der Waals surface area contributed by atoms with Crippen molar-refractivity contribution in [1.82, 2.24) is 10.2 Å². The summed E-state index contributed by atoms with van der Waals surface area (Å²) in [4.78, 5) is 12.2. The Morgan fingerprint density at radius 2 is 2.21 bits per heavy atom. The molecule has 0 saturated heterocycles. The third-order valence-corrected chi connectivity index (χ3v) is 3.61. The van der Waals surface area contributed by atoms with Crippen molar-refractivity contribution in [3.63, 3.8) is 0 Å². The van der Waals surface area contributed by atoms with Crippen LogP contribution in [0.15, 0.2) is 24.3 Å². The Morgan fingerprint density at radius 1 is 1.42 bits per heavy atom. The lowest BCUT2D eigenvalue weighted by atomic mass is 10.1. The van der Waals surface area contributed by atoms with Gasteiger partial charge in [-0.15, -0.1) is 0 Å². The van der Waals surface area contributed by atoms with E-state index in [9.17, 15) is 4.79 Å². The van der Waals surface area contributed by atoms with Gasteiger partial charge in [-0.2, -0.15) is 16.9 Å². The van der Waals surface area contributed by atoms with E-state index < -0.39 is 0 Å². The third kappa shape index (κ3) is 3.17. The monoisotopic (exact) mass is 275 g/mol. The number of hydrogen-bond donors (Lipinski definition) is 2. The Balaban J connectivity index is 2.16. The van der Waals surface area contributed by atoms with Gasteiger partial charge in [-0.05, 0) is 37.8 Å². The summed E-state index contributed by atoms with van der Waals surface area (Å²) in [6.07, 6.45) is 2.04. The standard InChI is InChI=1S/C14H17N3OS/c1-9-10(2)16-17-13(9)15-14(18)12-6-4-5-11(7-12)8-19-3/h4-7H,8H2,1-3H3,(H2,15,16,17,18). The zero-order chi connectivity index (χ0) is 13.8. The predicted molar refractivity (Wildman–Crippen MR) is 79.7 cm³/mol. The summed E-state index contributed by atoms with van der Waals surface area (Å²) in [5.41, 5.74) is 3.74. The van der Waals surface area contributed by atoms with Crippen molar-refractivity contribution < 1.29 is 4.79 Å². The quantitative estimate of drug-likeness (QED) is 0.901. The molecule has 0 saturated carbocycles. The first kappa shape index (κ1) is 13.7. The van der Waals surface area contributed by atoms with Crippen molar-refractivity contribution in [1.29, 1.82) is 0 Å². The van der Waals surface area contributed by atoms with Crippen LogP contribution in [0.5, 0.6) is 0 Å². The number of aromatic amines is 1. The molecule has 0 aliphatic heterocycles. The first-order chi connectivity index (χ1) is 9.11. The number of thioether (sulfide) groups is 1. The largest absolute Gasteiger partial charge is 0.305 e. The van der Waals surface area contributed by atoms with Crippen molar-refractivity contribution in [3.8, 4) is 0 Å². The first-order valence-electron chi connectivity index (χ1n) is 6.02. The minimum Gasteiger partial charge on any atom is -0.305 e. The van der Waals surface area contributed by atoms with Crippen LogP contribution in [0.3, 0.4) is 0 Å². The average molecular weight is 275 g/mol. The molecule has 0 spiro atoms. The highest BCUT2D eigenvalue weighted by Gasteiger charge is 2.11. The fraction of sp³-hybridized carbons (Fsp3) is 0.286. The van der Waals surface area contributed by atoms with Crippen LogP contribution in [0.1, 0.15) is 27.2 Å². The molecule has 1 aromatic carbocycles. The summed E-state index contributed by atoms with van der Waals surface area (Å²) in [6.45, 7) is 3.86. The fourth-order valence-electron chi connectivity index (χ4n) is 1.76. The molecule has 5 heteroatoms. The van der Waals surface area contributed by atoms with Gasteiger partial charge in [-0.3, -0.25) is 9.89 Å². The molecule has 0 atom stereocenters. The Kier molecular flexibility index (Phi) is 4.27. The van der Waals surface area contributed by atoms with Gasteiger partial charge in [0.05, 0.1) is 0 Å². The molecular formula is C14H17N3OS. The Bertz CT molecular complexity index is 592. The van der Waals surface area contributed by atoms with E-state index in [-0.39, 0.29) is 5.91 Å². The number of nitrogens with one attached hydrogen (secondary N) is 2. The van der Waals surface area contributed by atoms with Gasteiger partial charge < -0.3 is 5.32 Å². The maximum atomic E-state index is 12.2. The van der Waals surface area contributed by atoms with Gasteiger partial charge in [-0.1, -0.05) is 12.1 Å². The van der Waals surface area contributed by atoms with E-state index in [1.807, 2.05) is 44.4 Å². The molecule has 2 N–H and O–H groups in total. The maximum absolute atomic E-state index is 12.2. The van der Waals surface area contributed by atoms with Crippen molar-refractivity contribution in [2.45, 2.75) is 19.6 Å². The van der Waals surface area contributed by atoms with Gasteiger partial charge in [-0.25, -0.2) is 0 Å². The van der Waals surface area contributed by atoms with E-state index in [0.29, 0.717) is 11.4 Å². The van der Waals surface area contributed by atoms with Crippen molar-refractivity contribution in [3.05, 3.63) is 46.6 Å². The molecular weight excluding hydrogens is 258 g/mol. The Hall–Kier alpha value is -1.75. The summed E-state index contributed by atoms with van der Waals surface area (Å²) in [5.74, 6) is 1.37. The first-order valence-corrected chi connectivity index (χ1v) is 7.42. The summed E-state index contributed by atoms with van der Waals surface area (Å²) in [5, 5.41) is 9.76. The highest BCUT2D eigenvalue weighted by Crippen LogP contribution is 2.16. The highest BCUT2D eigenvalue weighted by molar-refractivity contribution is 7.97. The zero-order valence-corrected chi connectivity index (χ0v) is 12.1. The van der Waals surface area contributed by atoms with Crippen LogP contribution < -0.4 is 5.32 Å². The van der Waals surface area contributed by atoms with Crippen LogP contribution in [-0.2, 0) is 5.75 Å². The number of hydrogen-bond acceptors (Lipinski definition) is 3. The SMILES string of the molecule is CSCc1cccc(C(=O)Nc2n[nH]c(C)c2C)c1. The Labute approximate surface area is 117 Å². The maximum Gasteiger partial charge on any atom is 0.256 e. The molecule has 19 heavy (non-hydrogen) atoms. The minimum atomic E-state index is -0.127. The van der Waals surface area contributed by atoms with E-state index in [4.69, 9.17) is 0 Å². The second kappa shape index (κ2) is 5.93. The molecule has 2 aromatic rings. The van der Waals surface area contributed by atoms with Crippen LogP contribution >= 0.6 is 11.8 Å². The highest BCUT2D eigenvalue weighted by atomic mass is 32.2. The number of carbonyl (C=O) groups is 1. The number of anilines is 1. The normalized spacial score (nSPS) is 10.5. The number of amides is 1. The topological polar surface area (TPSA) is 57.8 Å². The van der Waals surface area contributed by atoms with Crippen molar-refractivity contribution in [2.75, 3.05) is 11.6 Å². The molecule has 100 valence electrons. The number of benzene rings is 1. The van der Waals surface area contributed by atoms with E-state index in [1.165, 1.54) is 0 Å². The van der Waals surface area contributed by atoms with E-state index in [2.05, 4.69) is 15.5 Å². The molecule has 0 radical (unpaired) electrons. The van der Waals surface area contributed by atoms with Crippen LogP contribution in [-0.4, -0.2) is 22.4 Å². The molecule has 4 nitrogen and oxygen atoms in total. The molecule has 0 aliphatic rings. The number of aryl methyl sites for hydroxylation is 1. The fourth-order valence-corrected chi connectivity index (χ4v) is 2.27. The molecule has 0 aliphatic carbocycles. The smallest absolute Gasteiger partial charge is 0.256 e. The molecule has 2 rings (SSSR count). The lowest BCUT2D eigenvalue weighted by Crippen LogP contribution is -2.13. The number of carbonyl (C=O) groups excluding carboxylic acids is 1. The summed E-state index contributed by atoms with van der Waals surface area (Å²) < 4.78 is 0. The van der Waals surface area contributed by atoms with Gasteiger partial charge in [0.1, 0.15) is 0 Å². The second-order valence-corrected chi connectivity index (χ2v) is 5.28. The number of rotatable bonds is 4. The van der Waals surface area contributed by atoms with Crippen LogP contribution in [0.25, 0.3) is 0 Å². The van der Waals surface area contributed by atoms with Crippen molar-refractivity contribution in [2.24, 2.45) is 0 Å². The zero-order valence-electron chi connectivity index (χ0n) is 11.3. The van der Waals surface area contributed by atoms with Crippen LogP contribution in [0.2, 0.25) is 0 Å². The molecule has 0 bridgehead atoms. The van der Waals surface area contributed by atoms with E-state index in [1.54, 1.807) is 11.8 Å². The third-order valence-electron chi connectivity index (χ3n) is 2.99. The predicted octanol–water partition coefficient (Wildman–Crippen LogP) is 3.14. The molecule has 1 heterocycles. The number of H-pyrrole nitrogens is 1. The van der Waals surface area contributed by atoms with Crippen molar-refractivity contribution >= 4 is 23.5 Å². The average Bonchev–Trinajstić information content (AvgIpc) is 2.71. The lowest BCUT2D eigenvalue weighted by Gasteiger charge is -2.05. The van der Waals surface area contributed by atoms with Gasteiger partial charge >= 0.3 is 0 Å². The summed E-state index contributed by atoms with van der Waals surface area (Å²) in [7, 11) is 0. The Morgan fingerprint density at radius 3 is 2.84 bits per heavy atom. The van der Waals surface area contributed by atoms with Gasteiger partial charge in [0.15, 0.2) is 5.82 Å². The minimum absolute atomic E-state index is 0.127. The molecule has 1 amide bonds. The summed E-state index contributed by atoms with van der Waals surface area (Å²) in [6, 6.07) is 7.66. The van der Waals surface area contributed by atoms with Gasteiger partial charge in [0.2, 0.25) is 0 Å². The van der Waals surface area contributed by atoms with Gasteiger partial charge in [0.25, 0.3) is 5.91 Å². The number of nitrogens with zero attached hydrogens (tertiary/aromatic N) is 1. The van der Waals surface area contributed by atoms with E-state index >= 15 is 0 Å². The lowest BCUT2D eigenvalue weighted by molar-refractivity contribution is 0.102. The van der Waals surface area contributed by atoms with E-state index in [0.717, 1.165) is 22.6 Å². The molecule has 0 fully saturated rings. The van der Waals surface area contributed by atoms with Crippen LogP contribution in [0.4, 0.5) is 5.82 Å². The molecule has 1 aromatic heterocycles. The van der Waals surface area contributed by atoms with Gasteiger partial charge in [0, 0.05) is 22.6 Å². The van der Waals surface area contributed by atoms with Crippen LogP contribution in [0, 0.1) is 13.8 Å². The number of aromatic nitrogens is 2. The summed E-state index contributed by atoms with van der Waals surface area (Å²) >= 11 is 1.74. The molecule has 0 unspecified atom stereocenters.